The van der Waals surface area contributed by atoms with Crippen LogP contribution in [-0.2, 0) is 9.53 Å². The van der Waals surface area contributed by atoms with Crippen LogP contribution in [0.4, 0.5) is 0 Å². The number of carbonyl (C=O) groups excluding carboxylic acids is 1. The van der Waals surface area contributed by atoms with Crippen LogP contribution in [0.15, 0.2) is 24.3 Å². The molecule has 2 atom stereocenters. The molecule has 0 aromatic heterocycles. The second-order valence-corrected chi connectivity index (χ2v) is 6.99. The van der Waals surface area contributed by atoms with E-state index in [0.717, 1.165) is 25.0 Å². The van der Waals surface area contributed by atoms with E-state index in [1.54, 1.807) is 0 Å². The maximum atomic E-state index is 11.4. The van der Waals surface area contributed by atoms with Crippen molar-refractivity contribution in [1.29, 1.82) is 0 Å². The summed E-state index contributed by atoms with van der Waals surface area (Å²) in [4.78, 5) is 11.4. The number of hydrogen-bond donors (Lipinski definition) is 0. The van der Waals surface area contributed by atoms with Crippen molar-refractivity contribution >= 4 is 5.97 Å². The lowest BCUT2D eigenvalue weighted by atomic mass is 9.81. The zero-order valence-corrected chi connectivity index (χ0v) is 14.1. The first-order valence-corrected chi connectivity index (χ1v) is 9.16. The fraction of sp³-hybridized carbons (Fsp3) is 0.650. The molecule has 3 rings (SSSR count). The van der Waals surface area contributed by atoms with Crippen molar-refractivity contribution in [3.63, 3.8) is 0 Å². The van der Waals surface area contributed by atoms with Gasteiger partial charge in [0, 0.05) is 12.8 Å². The van der Waals surface area contributed by atoms with Gasteiger partial charge in [-0.05, 0) is 62.6 Å². The van der Waals surface area contributed by atoms with Gasteiger partial charge >= 0.3 is 5.97 Å². The molecule has 126 valence electrons. The number of esters is 1. The van der Waals surface area contributed by atoms with Crippen molar-refractivity contribution < 1.29 is 14.3 Å². The SMILES string of the molecule is CC(=O)O[C@H]1CCCC[C@@H]1c1cccc(OC2CCCCC2)c1. The van der Waals surface area contributed by atoms with Gasteiger partial charge in [-0.1, -0.05) is 25.0 Å². The molecule has 0 saturated heterocycles. The zero-order valence-electron chi connectivity index (χ0n) is 14.1. The number of rotatable bonds is 4. The van der Waals surface area contributed by atoms with E-state index in [-0.39, 0.29) is 12.1 Å². The Morgan fingerprint density at radius 2 is 1.74 bits per heavy atom. The van der Waals surface area contributed by atoms with Crippen LogP contribution in [0.2, 0.25) is 0 Å². The molecule has 23 heavy (non-hydrogen) atoms. The van der Waals surface area contributed by atoms with Gasteiger partial charge in [0.2, 0.25) is 0 Å². The maximum Gasteiger partial charge on any atom is 0.302 e. The van der Waals surface area contributed by atoms with Crippen LogP contribution in [0.3, 0.4) is 0 Å². The van der Waals surface area contributed by atoms with Gasteiger partial charge in [-0.15, -0.1) is 0 Å². The van der Waals surface area contributed by atoms with E-state index >= 15 is 0 Å². The molecule has 2 fully saturated rings. The molecule has 2 aliphatic carbocycles. The number of ether oxygens (including phenoxy) is 2. The van der Waals surface area contributed by atoms with E-state index < -0.39 is 0 Å². The summed E-state index contributed by atoms with van der Waals surface area (Å²) < 4.78 is 11.8. The lowest BCUT2D eigenvalue weighted by molar-refractivity contribution is -0.148. The van der Waals surface area contributed by atoms with Crippen LogP contribution >= 0.6 is 0 Å². The summed E-state index contributed by atoms with van der Waals surface area (Å²) in [5, 5.41) is 0. The first kappa shape index (κ1) is 16.4. The Hall–Kier alpha value is -1.51. The van der Waals surface area contributed by atoms with E-state index in [2.05, 4.69) is 24.3 Å². The van der Waals surface area contributed by atoms with Gasteiger partial charge in [-0.2, -0.15) is 0 Å². The van der Waals surface area contributed by atoms with Crippen LogP contribution in [0.25, 0.3) is 0 Å². The highest BCUT2D eigenvalue weighted by molar-refractivity contribution is 5.66. The lowest BCUT2D eigenvalue weighted by Crippen LogP contribution is -2.28. The Morgan fingerprint density at radius 1 is 1.00 bits per heavy atom. The zero-order chi connectivity index (χ0) is 16.1. The number of hydrogen-bond acceptors (Lipinski definition) is 3. The normalized spacial score (nSPS) is 25.8. The summed E-state index contributed by atoms with van der Waals surface area (Å²) >= 11 is 0. The van der Waals surface area contributed by atoms with Gasteiger partial charge < -0.3 is 9.47 Å². The van der Waals surface area contributed by atoms with Gasteiger partial charge in [0.1, 0.15) is 11.9 Å². The summed E-state index contributed by atoms with van der Waals surface area (Å²) in [5.74, 6) is 1.11. The van der Waals surface area contributed by atoms with E-state index in [0.29, 0.717) is 12.0 Å². The van der Waals surface area contributed by atoms with Crippen molar-refractivity contribution in [3.05, 3.63) is 29.8 Å². The topological polar surface area (TPSA) is 35.5 Å². The van der Waals surface area contributed by atoms with E-state index in [1.165, 1.54) is 51.0 Å². The molecule has 0 bridgehead atoms. The van der Waals surface area contributed by atoms with Crippen molar-refractivity contribution in [2.24, 2.45) is 0 Å². The van der Waals surface area contributed by atoms with Crippen LogP contribution in [-0.4, -0.2) is 18.2 Å². The van der Waals surface area contributed by atoms with Gasteiger partial charge in [-0.25, -0.2) is 0 Å². The lowest BCUT2D eigenvalue weighted by Gasteiger charge is -2.31. The van der Waals surface area contributed by atoms with Crippen LogP contribution in [0.5, 0.6) is 5.75 Å². The molecule has 0 aliphatic heterocycles. The molecule has 2 saturated carbocycles. The number of benzene rings is 1. The Labute approximate surface area is 139 Å². The molecular weight excluding hydrogens is 288 g/mol. The summed E-state index contributed by atoms with van der Waals surface area (Å²) in [7, 11) is 0. The maximum absolute atomic E-state index is 11.4. The van der Waals surface area contributed by atoms with E-state index in [1.807, 2.05) is 0 Å². The van der Waals surface area contributed by atoms with Crippen molar-refractivity contribution in [2.75, 3.05) is 0 Å². The smallest absolute Gasteiger partial charge is 0.302 e. The predicted molar refractivity (Wildman–Crippen MR) is 90.7 cm³/mol. The second-order valence-electron chi connectivity index (χ2n) is 6.99. The van der Waals surface area contributed by atoms with Gasteiger partial charge in [-0.3, -0.25) is 4.79 Å². The Morgan fingerprint density at radius 3 is 2.52 bits per heavy atom. The molecule has 1 aromatic carbocycles. The average Bonchev–Trinajstić information content (AvgIpc) is 2.56. The molecule has 3 nitrogen and oxygen atoms in total. The molecule has 0 radical (unpaired) electrons. The standard InChI is InChI=1S/C20H28O3/c1-15(21)22-20-13-6-5-12-19(20)16-8-7-11-18(14-16)23-17-9-3-2-4-10-17/h7-8,11,14,17,19-20H,2-6,9-10,12-13H2,1H3/t19-,20+/m1/s1. The summed E-state index contributed by atoms with van der Waals surface area (Å²) in [5.41, 5.74) is 1.25. The van der Waals surface area contributed by atoms with Gasteiger partial charge in [0.15, 0.2) is 0 Å². The summed E-state index contributed by atoms with van der Waals surface area (Å²) in [6.07, 6.45) is 11.0. The van der Waals surface area contributed by atoms with Crippen molar-refractivity contribution in [1.82, 2.24) is 0 Å². The van der Waals surface area contributed by atoms with Crippen LogP contribution < -0.4 is 4.74 Å². The quantitative estimate of drug-likeness (QED) is 0.734. The predicted octanol–water partition coefficient (Wildman–Crippen LogP) is 4.99. The third kappa shape index (κ3) is 4.49. The molecule has 2 aliphatic rings. The van der Waals surface area contributed by atoms with Crippen molar-refractivity contribution in [2.45, 2.75) is 82.8 Å². The molecule has 0 amide bonds. The largest absolute Gasteiger partial charge is 0.490 e. The van der Waals surface area contributed by atoms with Crippen LogP contribution in [0.1, 0.15) is 76.2 Å². The summed E-state index contributed by atoms with van der Waals surface area (Å²) in [6.45, 7) is 1.51. The molecule has 3 heteroatoms. The Bertz CT molecular complexity index is 519. The number of carbonyl (C=O) groups is 1. The Kier molecular flexibility index (Phi) is 5.58. The first-order valence-electron chi connectivity index (χ1n) is 9.16. The van der Waals surface area contributed by atoms with Crippen LogP contribution in [0, 0.1) is 0 Å². The third-order valence-electron chi connectivity index (χ3n) is 5.16. The van der Waals surface area contributed by atoms with Gasteiger partial charge in [0.05, 0.1) is 6.10 Å². The summed E-state index contributed by atoms with van der Waals surface area (Å²) in [6, 6.07) is 8.45. The Balaban J connectivity index is 1.70. The fourth-order valence-electron chi connectivity index (χ4n) is 4.03. The minimum Gasteiger partial charge on any atom is -0.490 e. The molecule has 0 heterocycles. The van der Waals surface area contributed by atoms with Crippen molar-refractivity contribution in [3.8, 4) is 5.75 Å². The molecule has 1 aromatic rings. The monoisotopic (exact) mass is 316 g/mol. The molecule has 0 N–H and O–H groups in total. The third-order valence-corrected chi connectivity index (χ3v) is 5.16. The van der Waals surface area contributed by atoms with Gasteiger partial charge in [0.25, 0.3) is 0 Å². The first-order chi connectivity index (χ1) is 11.2. The fourth-order valence-corrected chi connectivity index (χ4v) is 4.03. The average molecular weight is 316 g/mol. The molecule has 0 unspecified atom stereocenters. The molecule has 0 spiro atoms. The minimum absolute atomic E-state index is 0.0196. The molecular formula is C20H28O3. The van der Waals surface area contributed by atoms with E-state index in [4.69, 9.17) is 9.47 Å². The van der Waals surface area contributed by atoms with E-state index in [9.17, 15) is 4.79 Å². The second kappa shape index (κ2) is 7.85. The highest BCUT2D eigenvalue weighted by Crippen LogP contribution is 2.36. The highest BCUT2D eigenvalue weighted by Gasteiger charge is 2.29. The minimum atomic E-state index is -0.170. The highest BCUT2D eigenvalue weighted by atomic mass is 16.5.